The quantitative estimate of drug-likeness (QED) is 0.547. The van der Waals surface area contributed by atoms with Gasteiger partial charge in [0.05, 0.1) is 0 Å². The maximum atomic E-state index is 11.7. The van der Waals surface area contributed by atoms with Crippen LogP contribution in [0.15, 0.2) is 16.8 Å². The van der Waals surface area contributed by atoms with Crippen molar-refractivity contribution in [3.05, 3.63) is 11.8 Å². The molecule has 0 aromatic carbocycles. The lowest BCUT2D eigenvalue weighted by Gasteiger charge is -2.24. The lowest BCUT2D eigenvalue weighted by atomic mass is 10.1. The molecule has 1 rings (SSSR count). The number of rotatable bonds is 6. The van der Waals surface area contributed by atoms with Crippen molar-refractivity contribution in [2.75, 3.05) is 6.54 Å². The van der Waals surface area contributed by atoms with Crippen LogP contribution in [0.25, 0.3) is 0 Å². The Bertz CT molecular complexity index is 370. The van der Waals surface area contributed by atoms with E-state index in [2.05, 4.69) is 24.9 Å². The number of nitrogens with zero attached hydrogens (tertiary/aromatic N) is 2. The van der Waals surface area contributed by atoms with Crippen LogP contribution in [0, 0.1) is 5.92 Å². The Labute approximate surface area is 115 Å². The van der Waals surface area contributed by atoms with E-state index in [0.29, 0.717) is 38.1 Å². The number of aliphatic imine (C=N–C) groups is 1. The number of hydrogen-bond acceptors (Lipinski definition) is 3. The zero-order valence-electron chi connectivity index (χ0n) is 12.2. The Morgan fingerprint density at radius 3 is 2.53 bits per heavy atom. The summed E-state index contributed by atoms with van der Waals surface area (Å²) >= 11 is 0. The number of hydrogen-bond donors (Lipinski definition) is 0. The molecule has 0 saturated carbocycles. The van der Waals surface area contributed by atoms with Crippen molar-refractivity contribution in [1.82, 2.24) is 4.90 Å². The third-order valence-electron chi connectivity index (χ3n) is 3.39. The number of imide groups is 1. The van der Waals surface area contributed by atoms with Crippen molar-refractivity contribution in [3.63, 3.8) is 0 Å². The summed E-state index contributed by atoms with van der Waals surface area (Å²) < 4.78 is 0. The molecule has 19 heavy (non-hydrogen) atoms. The van der Waals surface area contributed by atoms with Gasteiger partial charge < -0.3 is 0 Å². The Morgan fingerprint density at radius 2 is 2.00 bits per heavy atom. The van der Waals surface area contributed by atoms with E-state index >= 15 is 0 Å². The maximum Gasteiger partial charge on any atom is 0.229 e. The predicted octanol–water partition coefficient (Wildman–Crippen LogP) is 2.94. The van der Waals surface area contributed by atoms with E-state index in [1.165, 1.54) is 4.90 Å². The standard InChI is InChI=1S/C15H24N2O2/c1-4-12(3)11-13(16-5-2)9-10-17-14(18)7-6-8-15(17)19/h5,11-12H,4,6-10H2,1-3H3/b13-11-,16-5?. The van der Waals surface area contributed by atoms with Gasteiger partial charge in [-0.25, -0.2) is 0 Å². The summed E-state index contributed by atoms with van der Waals surface area (Å²) in [5.74, 6) is 0.380. The predicted molar refractivity (Wildman–Crippen MR) is 76.9 cm³/mol. The summed E-state index contributed by atoms with van der Waals surface area (Å²) in [5, 5.41) is 0. The number of amides is 2. The molecular formula is C15H24N2O2. The summed E-state index contributed by atoms with van der Waals surface area (Å²) in [7, 11) is 0. The molecule has 1 saturated heterocycles. The van der Waals surface area contributed by atoms with Crippen LogP contribution in [0.1, 0.15) is 52.9 Å². The molecule has 1 heterocycles. The summed E-state index contributed by atoms with van der Waals surface area (Å²) in [4.78, 5) is 29.1. The molecule has 4 heteroatoms. The number of likely N-dealkylation sites (tertiary alicyclic amines) is 1. The van der Waals surface area contributed by atoms with Gasteiger partial charge in [-0.05, 0) is 19.3 Å². The van der Waals surface area contributed by atoms with E-state index in [-0.39, 0.29) is 11.8 Å². The molecule has 0 aromatic heterocycles. The van der Waals surface area contributed by atoms with Crippen molar-refractivity contribution in [2.24, 2.45) is 10.9 Å². The first-order chi connectivity index (χ1) is 9.08. The smallest absolute Gasteiger partial charge is 0.229 e. The Balaban J connectivity index is 2.63. The van der Waals surface area contributed by atoms with Crippen LogP contribution >= 0.6 is 0 Å². The first kappa shape index (κ1) is 15.6. The first-order valence-electron chi connectivity index (χ1n) is 7.11. The SMILES string of the molecule is CC=N/C(=C\C(C)CC)CCN1C(=O)CCCC1=O. The average Bonchev–Trinajstić information content (AvgIpc) is 2.38. The van der Waals surface area contributed by atoms with Gasteiger partial charge in [0.25, 0.3) is 0 Å². The second-order valence-electron chi connectivity index (χ2n) is 4.97. The van der Waals surface area contributed by atoms with Crippen LogP contribution in [0.4, 0.5) is 0 Å². The minimum absolute atomic E-state index is 0.0420. The van der Waals surface area contributed by atoms with Crippen molar-refractivity contribution in [2.45, 2.75) is 52.9 Å². The van der Waals surface area contributed by atoms with Gasteiger partial charge in [-0.3, -0.25) is 19.5 Å². The fourth-order valence-electron chi connectivity index (χ4n) is 2.08. The molecule has 0 spiro atoms. The van der Waals surface area contributed by atoms with E-state index in [1.54, 1.807) is 6.21 Å². The normalized spacial score (nSPS) is 19.3. The van der Waals surface area contributed by atoms with Crippen molar-refractivity contribution >= 4 is 18.0 Å². The zero-order valence-corrected chi connectivity index (χ0v) is 12.2. The van der Waals surface area contributed by atoms with E-state index in [4.69, 9.17) is 0 Å². The second kappa shape index (κ2) is 7.87. The monoisotopic (exact) mass is 264 g/mol. The molecule has 1 unspecified atom stereocenters. The minimum Gasteiger partial charge on any atom is -0.282 e. The summed E-state index contributed by atoms with van der Waals surface area (Å²) in [6.07, 6.45) is 7.26. The maximum absolute atomic E-state index is 11.7. The summed E-state index contributed by atoms with van der Waals surface area (Å²) in [5.41, 5.74) is 0.961. The van der Waals surface area contributed by atoms with Gasteiger partial charge in [0.15, 0.2) is 0 Å². The molecule has 1 aliphatic heterocycles. The summed E-state index contributed by atoms with van der Waals surface area (Å²) in [6.45, 7) is 6.60. The highest BCUT2D eigenvalue weighted by atomic mass is 16.2. The highest BCUT2D eigenvalue weighted by molar-refractivity contribution is 5.97. The van der Waals surface area contributed by atoms with Gasteiger partial charge in [-0.15, -0.1) is 0 Å². The highest BCUT2D eigenvalue weighted by Gasteiger charge is 2.25. The number of piperidine rings is 1. The Morgan fingerprint density at radius 1 is 1.37 bits per heavy atom. The first-order valence-corrected chi connectivity index (χ1v) is 7.11. The van der Waals surface area contributed by atoms with Crippen LogP contribution in [0.2, 0.25) is 0 Å². The third kappa shape index (κ3) is 4.97. The molecule has 2 amide bonds. The fourth-order valence-corrected chi connectivity index (χ4v) is 2.08. The van der Waals surface area contributed by atoms with E-state index in [9.17, 15) is 9.59 Å². The number of carbonyl (C=O) groups is 2. The van der Waals surface area contributed by atoms with Crippen LogP contribution in [0.3, 0.4) is 0 Å². The molecule has 0 bridgehead atoms. The van der Waals surface area contributed by atoms with E-state index < -0.39 is 0 Å². The molecular weight excluding hydrogens is 240 g/mol. The van der Waals surface area contributed by atoms with Gasteiger partial charge in [-0.2, -0.15) is 0 Å². The van der Waals surface area contributed by atoms with Gasteiger partial charge in [0.1, 0.15) is 0 Å². The zero-order chi connectivity index (χ0) is 14.3. The van der Waals surface area contributed by atoms with E-state index in [1.807, 2.05) is 6.92 Å². The van der Waals surface area contributed by atoms with Gasteiger partial charge in [-0.1, -0.05) is 26.3 Å². The molecule has 106 valence electrons. The molecule has 1 fully saturated rings. The van der Waals surface area contributed by atoms with Crippen molar-refractivity contribution in [1.29, 1.82) is 0 Å². The topological polar surface area (TPSA) is 49.7 Å². The van der Waals surface area contributed by atoms with Crippen LogP contribution in [-0.4, -0.2) is 29.5 Å². The van der Waals surface area contributed by atoms with Crippen LogP contribution < -0.4 is 0 Å². The Hall–Kier alpha value is -1.45. The second-order valence-corrected chi connectivity index (χ2v) is 4.97. The third-order valence-corrected chi connectivity index (χ3v) is 3.39. The number of allylic oxidation sites excluding steroid dienone is 1. The summed E-state index contributed by atoms with van der Waals surface area (Å²) in [6, 6.07) is 0. The molecule has 1 atom stereocenters. The van der Waals surface area contributed by atoms with Crippen LogP contribution in [-0.2, 0) is 9.59 Å². The molecule has 4 nitrogen and oxygen atoms in total. The average molecular weight is 264 g/mol. The fraction of sp³-hybridized carbons (Fsp3) is 0.667. The molecule has 0 aromatic rings. The van der Waals surface area contributed by atoms with Crippen LogP contribution in [0.5, 0.6) is 0 Å². The van der Waals surface area contributed by atoms with Gasteiger partial charge >= 0.3 is 0 Å². The van der Waals surface area contributed by atoms with Gasteiger partial charge in [0.2, 0.25) is 11.8 Å². The number of carbonyl (C=O) groups excluding carboxylic acids is 2. The van der Waals surface area contributed by atoms with Crippen molar-refractivity contribution < 1.29 is 9.59 Å². The Kier molecular flexibility index (Phi) is 6.46. The molecule has 1 aliphatic rings. The molecule has 0 N–H and O–H groups in total. The largest absolute Gasteiger partial charge is 0.282 e. The van der Waals surface area contributed by atoms with E-state index in [0.717, 1.165) is 12.1 Å². The molecule has 0 aliphatic carbocycles. The lowest BCUT2D eigenvalue weighted by Crippen LogP contribution is -2.40. The van der Waals surface area contributed by atoms with Crippen molar-refractivity contribution in [3.8, 4) is 0 Å². The van der Waals surface area contributed by atoms with Gasteiger partial charge in [0, 0.05) is 37.7 Å². The molecule has 0 radical (unpaired) electrons. The lowest BCUT2D eigenvalue weighted by molar-refractivity contribution is -0.147. The highest BCUT2D eigenvalue weighted by Crippen LogP contribution is 2.16. The minimum atomic E-state index is -0.0420.